The topological polar surface area (TPSA) is 72.3 Å². The number of fused-ring (bicyclic) bond motifs is 2. The van der Waals surface area contributed by atoms with Gasteiger partial charge in [-0.05, 0) is 31.0 Å². The van der Waals surface area contributed by atoms with Crippen LogP contribution in [0, 0.1) is 0 Å². The number of hydrogen-bond acceptors (Lipinski definition) is 5. The molecule has 2 aromatic rings. The van der Waals surface area contributed by atoms with Crippen LogP contribution in [-0.2, 0) is 17.8 Å². The van der Waals surface area contributed by atoms with Crippen molar-refractivity contribution >= 4 is 29.1 Å². The third-order valence-corrected chi connectivity index (χ3v) is 4.56. The molecule has 0 aliphatic carbocycles. The molecule has 0 bridgehead atoms. The predicted octanol–water partition coefficient (Wildman–Crippen LogP) is 2.11. The molecule has 0 unspecified atom stereocenters. The molecule has 0 saturated heterocycles. The quantitative estimate of drug-likeness (QED) is 0.920. The molecule has 1 amide bonds. The van der Waals surface area contributed by atoms with Crippen LogP contribution in [0.4, 0.5) is 11.6 Å². The van der Waals surface area contributed by atoms with Gasteiger partial charge in [0.15, 0.2) is 0 Å². The summed E-state index contributed by atoms with van der Waals surface area (Å²) in [6, 6.07) is 5.44. The highest BCUT2D eigenvalue weighted by Gasteiger charge is 2.22. The molecule has 2 aliphatic heterocycles. The zero-order valence-corrected chi connectivity index (χ0v) is 13.9. The highest BCUT2D eigenvalue weighted by atomic mass is 35.5. The monoisotopic (exact) mass is 347 g/mol. The SMILES string of the molecule is O=C(CN1CCOc2ccc(Cl)cc21)Nc1nnc2n1CCCC2. The summed E-state index contributed by atoms with van der Waals surface area (Å²) in [4.78, 5) is 14.4. The predicted molar refractivity (Wildman–Crippen MR) is 90.7 cm³/mol. The van der Waals surface area contributed by atoms with Crippen molar-refractivity contribution in [1.29, 1.82) is 0 Å². The van der Waals surface area contributed by atoms with Gasteiger partial charge in [-0.15, -0.1) is 10.2 Å². The summed E-state index contributed by atoms with van der Waals surface area (Å²) < 4.78 is 7.60. The van der Waals surface area contributed by atoms with Crippen LogP contribution in [-0.4, -0.2) is 40.4 Å². The summed E-state index contributed by atoms with van der Waals surface area (Å²) in [5.41, 5.74) is 0.840. The molecule has 1 N–H and O–H groups in total. The van der Waals surface area contributed by atoms with Gasteiger partial charge < -0.3 is 9.64 Å². The second-order valence-electron chi connectivity index (χ2n) is 5.98. The van der Waals surface area contributed by atoms with Crippen molar-refractivity contribution in [3.63, 3.8) is 0 Å². The minimum atomic E-state index is -0.122. The largest absolute Gasteiger partial charge is 0.490 e. The van der Waals surface area contributed by atoms with Crippen LogP contribution >= 0.6 is 11.6 Å². The standard InChI is InChI=1S/C16H18ClN5O2/c17-11-4-5-13-12(9-11)21(7-8-24-13)10-15(23)18-16-20-19-14-3-1-2-6-22(14)16/h4-5,9H,1-3,6-8,10H2,(H,18,20,23). The van der Waals surface area contributed by atoms with Gasteiger partial charge in [-0.2, -0.15) is 0 Å². The number of rotatable bonds is 3. The lowest BCUT2D eigenvalue weighted by Gasteiger charge is -2.30. The van der Waals surface area contributed by atoms with Gasteiger partial charge >= 0.3 is 0 Å². The highest BCUT2D eigenvalue weighted by molar-refractivity contribution is 6.31. The smallest absolute Gasteiger partial charge is 0.246 e. The fourth-order valence-electron chi connectivity index (χ4n) is 3.15. The van der Waals surface area contributed by atoms with Crippen molar-refractivity contribution in [3.05, 3.63) is 29.0 Å². The van der Waals surface area contributed by atoms with Gasteiger partial charge in [0.25, 0.3) is 0 Å². The number of halogens is 1. The molecule has 0 atom stereocenters. The van der Waals surface area contributed by atoms with E-state index >= 15 is 0 Å². The van der Waals surface area contributed by atoms with Crippen molar-refractivity contribution in [2.45, 2.75) is 25.8 Å². The first kappa shape index (κ1) is 15.3. The molecule has 3 heterocycles. The minimum absolute atomic E-state index is 0.122. The summed E-state index contributed by atoms with van der Waals surface area (Å²) in [5.74, 6) is 2.11. The van der Waals surface area contributed by atoms with Crippen LogP contribution in [0.3, 0.4) is 0 Å². The molecule has 0 saturated carbocycles. The molecule has 24 heavy (non-hydrogen) atoms. The average Bonchev–Trinajstić information content (AvgIpc) is 2.98. The van der Waals surface area contributed by atoms with E-state index < -0.39 is 0 Å². The Labute approximate surface area is 144 Å². The van der Waals surface area contributed by atoms with E-state index in [-0.39, 0.29) is 12.5 Å². The Hall–Kier alpha value is -2.28. The molecule has 4 rings (SSSR count). The second kappa shape index (κ2) is 6.32. The first-order valence-corrected chi connectivity index (χ1v) is 8.48. The van der Waals surface area contributed by atoms with Crippen molar-refractivity contribution < 1.29 is 9.53 Å². The van der Waals surface area contributed by atoms with Crippen molar-refractivity contribution in [3.8, 4) is 5.75 Å². The van der Waals surface area contributed by atoms with Crippen LogP contribution in [0.5, 0.6) is 5.75 Å². The van der Waals surface area contributed by atoms with E-state index in [0.29, 0.717) is 24.1 Å². The Morgan fingerprint density at radius 1 is 1.29 bits per heavy atom. The van der Waals surface area contributed by atoms with Gasteiger partial charge in [0.05, 0.1) is 18.8 Å². The van der Waals surface area contributed by atoms with Gasteiger partial charge in [0, 0.05) is 18.0 Å². The number of carbonyl (C=O) groups excluding carboxylic acids is 1. The van der Waals surface area contributed by atoms with E-state index in [2.05, 4.69) is 15.5 Å². The molecule has 0 radical (unpaired) electrons. The highest BCUT2D eigenvalue weighted by Crippen LogP contribution is 2.33. The fourth-order valence-corrected chi connectivity index (χ4v) is 3.31. The normalized spacial score (nSPS) is 16.1. The van der Waals surface area contributed by atoms with Crippen molar-refractivity contribution in [2.24, 2.45) is 0 Å². The third-order valence-electron chi connectivity index (χ3n) is 4.33. The van der Waals surface area contributed by atoms with Gasteiger partial charge in [0.1, 0.15) is 18.2 Å². The van der Waals surface area contributed by atoms with Crippen LogP contribution < -0.4 is 15.0 Å². The molecular formula is C16H18ClN5O2. The first-order chi connectivity index (χ1) is 11.7. The number of nitrogens with zero attached hydrogens (tertiary/aromatic N) is 4. The molecule has 0 spiro atoms. The van der Waals surface area contributed by atoms with Crippen LogP contribution in [0.1, 0.15) is 18.7 Å². The summed E-state index contributed by atoms with van der Waals surface area (Å²) in [6.45, 7) is 2.26. The zero-order chi connectivity index (χ0) is 16.5. The average molecular weight is 348 g/mol. The number of anilines is 2. The summed E-state index contributed by atoms with van der Waals surface area (Å²) in [6.07, 6.45) is 3.12. The summed E-state index contributed by atoms with van der Waals surface area (Å²) in [7, 11) is 0. The zero-order valence-electron chi connectivity index (χ0n) is 13.2. The fraction of sp³-hybridized carbons (Fsp3) is 0.438. The van der Waals surface area contributed by atoms with Crippen LogP contribution in [0.2, 0.25) is 5.02 Å². The molecule has 1 aromatic carbocycles. The number of benzene rings is 1. The van der Waals surface area contributed by atoms with Gasteiger partial charge in [-0.25, -0.2) is 0 Å². The van der Waals surface area contributed by atoms with Crippen LogP contribution in [0.15, 0.2) is 18.2 Å². The van der Waals surface area contributed by atoms with Crippen LogP contribution in [0.25, 0.3) is 0 Å². The van der Waals surface area contributed by atoms with E-state index in [4.69, 9.17) is 16.3 Å². The second-order valence-corrected chi connectivity index (χ2v) is 6.42. The lowest BCUT2D eigenvalue weighted by atomic mass is 10.2. The third kappa shape index (κ3) is 2.91. The Balaban J connectivity index is 1.48. The van der Waals surface area contributed by atoms with E-state index in [1.807, 2.05) is 21.6 Å². The molecule has 0 fully saturated rings. The molecule has 2 aliphatic rings. The minimum Gasteiger partial charge on any atom is -0.490 e. The first-order valence-electron chi connectivity index (χ1n) is 8.10. The maximum atomic E-state index is 12.5. The lowest BCUT2D eigenvalue weighted by Crippen LogP contribution is -2.39. The van der Waals surface area contributed by atoms with Gasteiger partial charge in [0.2, 0.25) is 11.9 Å². The Morgan fingerprint density at radius 2 is 2.21 bits per heavy atom. The molecular weight excluding hydrogens is 330 g/mol. The van der Waals surface area contributed by atoms with Gasteiger partial charge in [-0.3, -0.25) is 14.7 Å². The van der Waals surface area contributed by atoms with Crippen molar-refractivity contribution in [2.75, 3.05) is 29.9 Å². The summed E-state index contributed by atoms with van der Waals surface area (Å²) >= 11 is 6.07. The Bertz CT molecular complexity index is 776. The summed E-state index contributed by atoms with van der Waals surface area (Å²) in [5, 5.41) is 11.8. The number of ether oxygens (including phenoxy) is 1. The molecule has 8 heteroatoms. The maximum absolute atomic E-state index is 12.5. The molecule has 1 aromatic heterocycles. The number of hydrogen-bond donors (Lipinski definition) is 1. The Kier molecular flexibility index (Phi) is 4.02. The number of nitrogens with one attached hydrogen (secondary N) is 1. The number of carbonyl (C=O) groups is 1. The van der Waals surface area contributed by atoms with Crippen molar-refractivity contribution in [1.82, 2.24) is 14.8 Å². The number of amides is 1. The molecule has 126 valence electrons. The van der Waals surface area contributed by atoms with E-state index in [1.165, 1.54) is 0 Å². The van der Waals surface area contributed by atoms with E-state index in [1.54, 1.807) is 6.07 Å². The Morgan fingerprint density at radius 3 is 3.12 bits per heavy atom. The van der Waals surface area contributed by atoms with E-state index in [0.717, 1.165) is 43.1 Å². The lowest BCUT2D eigenvalue weighted by molar-refractivity contribution is -0.115. The number of aryl methyl sites for hydroxylation is 1. The maximum Gasteiger partial charge on any atom is 0.246 e. The molecule has 7 nitrogen and oxygen atoms in total. The van der Waals surface area contributed by atoms with Gasteiger partial charge in [-0.1, -0.05) is 11.6 Å². The van der Waals surface area contributed by atoms with E-state index in [9.17, 15) is 4.79 Å². The number of aromatic nitrogens is 3.